The van der Waals surface area contributed by atoms with Crippen LogP contribution in [0.1, 0.15) is 28.3 Å². The van der Waals surface area contributed by atoms with Gasteiger partial charge < -0.3 is 10.5 Å². The third-order valence-corrected chi connectivity index (χ3v) is 4.40. The summed E-state index contributed by atoms with van der Waals surface area (Å²) in [5.74, 6) is 0.439. The molecule has 20 heavy (non-hydrogen) atoms. The van der Waals surface area contributed by atoms with Crippen molar-refractivity contribution < 1.29 is 9.13 Å². The maximum absolute atomic E-state index is 13.6. The highest BCUT2D eigenvalue weighted by Gasteiger charge is 2.19. The minimum atomic E-state index is -0.450. The SMILES string of the molecule is COc1c(C(N)c2cccc(F)c2Br)ccc(C)c1C. The average Bonchev–Trinajstić information content (AvgIpc) is 2.44. The Morgan fingerprint density at radius 2 is 1.85 bits per heavy atom. The first-order valence-electron chi connectivity index (χ1n) is 6.31. The molecule has 0 saturated heterocycles. The number of benzene rings is 2. The van der Waals surface area contributed by atoms with E-state index in [1.165, 1.54) is 6.07 Å². The third-order valence-electron chi connectivity index (χ3n) is 3.56. The molecule has 2 rings (SSSR count). The van der Waals surface area contributed by atoms with Crippen molar-refractivity contribution in [3.8, 4) is 5.75 Å². The van der Waals surface area contributed by atoms with Gasteiger partial charge in [0.15, 0.2) is 0 Å². The van der Waals surface area contributed by atoms with Crippen LogP contribution in [-0.2, 0) is 0 Å². The Morgan fingerprint density at radius 1 is 1.15 bits per heavy atom. The van der Waals surface area contributed by atoms with E-state index in [0.29, 0.717) is 10.0 Å². The Hall–Kier alpha value is -1.39. The van der Waals surface area contributed by atoms with E-state index in [0.717, 1.165) is 22.4 Å². The quantitative estimate of drug-likeness (QED) is 0.907. The van der Waals surface area contributed by atoms with Crippen LogP contribution in [0.4, 0.5) is 4.39 Å². The summed E-state index contributed by atoms with van der Waals surface area (Å²) in [6.45, 7) is 4.01. The molecule has 0 aliphatic rings. The highest BCUT2D eigenvalue weighted by Crippen LogP contribution is 2.35. The van der Waals surface area contributed by atoms with Gasteiger partial charge >= 0.3 is 0 Å². The molecule has 0 heterocycles. The normalized spacial score (nSPS) is 12.3. The molecule has 2 nitrogen and oxygen atoms in total. The minimum Gasteiger partial charge on any atom is -0.496 e. The lowest BCUT2D eigenvalue weighted by atomic mass is 9.95. The molecule has 0 aliphatic carbocycles. The Bertz CT molecular complexity index is 643. The molecule has 2 aromatic carbocycles. The molecule has 4 heteroatoms. The van der Waals surface area contributed by atoms with Gasteiger partial charge in [-0.2, -0.15) is 0 Å². The van der Waals surface area contributed by atoms with Gasteiger partial charge in [0.05, 0.1) is 17.6 Å². The van der Waals surface area contributed by atoms with Crippen LogP contribution in [0.5, 0.6) is 5.75 Å². The van der Waals surface area contributed by atoms with Crippen molar-refractivity contribution in [2.24, 2.45) is 5.73 Å². The second-order valence-electron chi connectivity index (χ2n) is 4.75. The van der Waals surface area contributed by atoms with Gasteiger partial charge in [-0.15, -0.1) is 0 Å². The first kappa shape index (κ1) is 15.0. The summed E-state index contributed by atoms with van der Waals surface area (Å²) in [6.07, 6.45) is 0. The molecule has 0 bridgehead atoms. The summed E-state index contributed by atoms with van der Waals surface area (Å²) in [5, 5.41) is 0. The molecule has 1 unspecified atom stereocenters. The Morgan fingerprint density at radius 3 is 2.50 bits per heavy atom. The fourth-order valence-electron chi connectivity index (χ4n) is 2.26. The van der Waals surface area contributed by atoms with Gasteiger partial charge in [0, 0.05) is 5.56 Å². The van der Waals surface area contributed by atoms with Gasteiger partial charge in [-0.25, -0.2) is 4.39 Å². The van der Waals surface area contributed by atoms with Crippen molar-refractivity contribution in [1.29, 1.82) is 0 Å². The van der Waals surface area contributed by atoms with Crippen LogP contribution in [-0.4, -0.2) is 7.11 Å². The lowest BCUT2D eigenvalue weighted by Gasteiger charge is -2.20. The van der Waals surface area contributed by atoms with Crippen molar-refractivity contribution >= 4 is 15.9 Å². The molecule has 0 spiro atoms. The largest absolute Gasteiger partial charge is 0.496 e. The zero-order valence-electron chi connectivity index (χ0n) is 11.7. The van der Waals surface area contributed by atoms with Crippen LogP contribution in [0.3, 0.4) is 0 Å². The topological polar surface area (TPSA) is 35.2 Å². The first-order chi connectivity index (χ1) is 9.47. The average molecular weight is 338 g/mol. The van der Waals surface area contributed by atoms with Gasteiger partial charge in [-0.1, -0.05) is 24.3 Å². The summed E-state index contributed by atoms with van der Waals surface area (Å²) >= 11 is 3.26. The van der Waals surface area contributed by atoms with Gasteiger partial charge in [0.1, 0.15) is 11.6 Å². The fraction of sp³-hybridized carbons (Fsp3) is 0.250. The monoisotopic (exact) mass is 337 g/mol. The summed E-state index contributed by atoms with van der Waals surface area (Å²) in [4.78, 5) is 0. The number of nitrogens with two attached hydrogens (primary N) is 1. The summed E-state index contributed by atoms with van der Waals surface area (Å²) < 4.78 is 19.5. The molecule has 0 radical (unpaired) electrons. The van der Waals surface area contributed by atoms with Crippen LogP contribution in [0.25, 0.3) is 0 Å². The summed E-state index contributed by atoms with van der Waals surface area (Å²) in [6, 6.07) is 8.35. The number of methoxy groups -OCH3 is 1. The van der Waals surface area contributed by atoms with Crippen molar-refractivity contribution in [3.63, 3.8) is 0 Å². The lowest BCUT2D eigenvalue weighted by molar-refractivity contribution is 0.404. The molecule has 1 atom stereocenters. The highest BCUT2D eigenvalue weighted by molar-refractivity contribution is 9.10. The van der Waals surface area contributed by atoms with Crippen molar-refractivity contribution in [2.75, 3.05) is 7.11 Å². The summed E-state index contributed by atoms with van der Waals surface area (Å²) in [5.41, 5.74) is 10.0. The zero-order valence-corrected chi connectivity index (χ0v) is 13.3. The molecular weight excluding hydrogens is 321 g/mol. The Kier molecular flexibility index (Phi) is 4.45. The van der Waals surface area contributed by atoms with Gasteiger partial charge in [-0.3, -0.25) is 0 Å². The zero-order chi connectivity index (χ0) is 14.9. The smallest absolute Gasteiger partial charge is 0.137 e. The predicted octanol–water partition coefficient (Wildman–Crippen LogP) is 4.26. The fourth-order valence-corrected chi connectivity index (χ4v) is 2.77. The van der Waals surface area contributed by atoms with E-state index in [1.807, 2.05) is 32.0 Å². The molecule has 106 valence electrons. The molecule has 0 amide bonds. The van der Waals surface area contributed by atoms with Gasteiger partial charge in [0.25, 0.3) is 0 Å². The Balaban J connectivity index is 2.56. The van der Waals surface area contributed by atoms with Crippen LogP contribution in [0.15, 0.2) is 34.8 Å². The number of rotatable bonds is 3. The number of halogens is 2. The summed E-state index contributed by atoms with van der Waals surface area (Å²) in [7, 11) is 1.62. The standard InChI is InChI=1S/C16H17BrFNO/c1-9-7-8-12(16(20-3)10(9)2)15(19)11-5-4-6-13(18)14(11)17/h4-8,15H,19H2,1-3H3. The molecule has 0 saturated carbocycles. The van der Waals surface area contributed by atoms with Crippen LogP contribution >= 0.6 is 15.9 Å². The Labute approximate surface area is 126 Å². The minimum absolute atomic E-state index is 0.319. The van der Waals surface area contributed by atoms with E-state index >= 15 is 0 Å². The highest BCUT2D eigenvalue weighted by atomic mass is 79.9. The predicted molar refractivity (Wildman–Crippen MR) is 82.6 cm³/mol. The van der Waals surface area contributed by atoms with Gasteiger partial charge in [-0.05, 0) is 52.5 Å². The van der Waals surface area contributed by atoms with E-state index in [9.17, 15) is 4.39 Å². The molecule has 2 aromatic rings. The number of aryl methyl sites for hydroxylation is 1. The van der Waals surface area contributed by atoms with E-state index < -0.39 is 6.04 Å². The molecule has 0 aliphatic heterocycles. The molecule has 0 aromatic heterocycles. The van der Waals surface area contributed by atoms with Crippen molar-refractivity contribution in [3.05, 3.63) is 62.9 Å². The number of hydrogen-bond donors (Lipinski definition) is 1. The van der Waals surface area contributed by atoms with Crippen LogP contribution < -0.4 is 10.5 Å². The lowest BCUT2D eigenvalue weighted by Crippen LogP contribution is -2.15. The molecule has 0 fully saturated rings. The van der Waals surface area contributed by atoms with E-state index in [-0.39, 0.29) is 5.82 Å². The number of hydrogen-bond acceptors (Lipinski definition) is 2. The first-order valence-corrected chi connectivity index (χ1v) is 7.10. The molecular formula is C16H17BrFNO. The second kappa shape index (κ2) is 5.94. The van der Waals surface area contributed by atoms with Crippen molar-refractivity contribution in [2.45, 2.75) is 19.9 Å². The van der Waals surface area contributed by atoms with E-state index in [1.54, 1.807) is 13.2 Å². The van der Waals surface area contributed by atoms with E-state index in [2.05, 4.69) is 15.9 Å². The maximum atomic E-state index is 13.6. The van der Waals surface area contributed by atoms with Crippen molar-refractivity contribution in [1.82, 2.24) is 0 Å². The van der Waals surface area contributed by atoms with E-state index in [4.69, 9.17) is 10.5 Å². The second-order valence-corrected chi connectivity index (χ2v) is 5.54. The van der Waals surface area contributed by atoms with Crippen LogP contribution in [0, 0.1) is 19.7 Å². The molecule has 2 N–H and O–H groups in total. The van der Waals surface area contributed by atoms with Gasteiger partial charge in [0.2, 0.25) is 0 Å². The number of ether oxygens (including phenoxy) is 1. The van der Waals surface area contributed by atoms with Crippen LogP contribution in [0.2, 0.25) is 0 Å². The third kappa shape index (κ3) is 2.58. The maximum Gasteiger partial charge on any atom is 0.137 e.